The van der Waals surface area contributed by atoms with Gasteiger partial charge >= 0.3 is 0 Å². The van der Waals surface area contributed by atoms with E-state index < -0.39 is 0 Å². The van der Waals surface area contributed by atoms with E-state index >= 15 is 0 Å². The maximum atomic E-state index is 12.1. The maximum absolute atomic E-state index is 12.1. The van der Waals surface area contributed by atoms with Gasteiger partial charge in [-0.3, -0.25) is 9.89 Å². The lowest BCUT2D eigenvalue weighted by atomic mass is 10.1. The summed E-state index contributed by atoms with van der Waals surface area (Å²) < 4.78 is 0. The number of hydrogen-bond donors (Lipinski definition) is 3. The molecule has 0 bridgehead atoms. The molecule has 0 radical (unpaired) electrons. The Morgan fingerprint density at radius 3 is 3.15 bits per heavy atom. The highest BCUT2D eigenvalue weighted by Crippen LogP contribution is 2.23. The van der Waals surface area contributed by atoms with Crippen molar-refractivity contribution >= 4 is 17.2 Å². The molecule has 0 unspecified atom stereocenters. The van der Waals surface area contributed by atoms with Gasteiger partial charge in [0.2, 0.25) is 0 Å². The fourth-order valence-corrected chi connectivity index (χ4v) is 2.95. The Balaban J connectivity index is 1.65. The summed E-state index contributed by atoms with van der Waals surface area (Å²) >= 11 is 1.60. The lowest BCUT2D eigenvalue weighted by molar-refractivity contribution is 0.0936. The van der Waals surface area contributed by atoms with Crippen LogP contribution in [0.15, 0.2) is 35.7 Å². The molecule has 1 aliphatic carbocycles. The molecule has 0 spiro atoms. The third-order valence-electron chi connectivity index (χ3n) is 3.32. The number of aromatic nitrogens is 2. The van der Waals surface area contributed by atoms with Crippen LogP contribution < -0.4 is 5.32 Å². The molecule has 2 aromatic heterocycles. The minimum Gasteiger partial charge on any atom is -0.396 e. The number of nitrogens with one attached hydrogen (secondary N) is 2. The van der Waals surface area contributed by atoms with Crippen LogP contribution in [0.3, 0.4) is 0 Å². The molecule has 104 valence electrons. The molecule has 3 N–H and O–H groups in total. The lowest BCUT2D eigenvalue weighted by Crippen LogP contribution is -2.33. The van der Waals surface area contributed by atoms with Gasteiger partial charge in [-0.25, -0.2) is 0 Å². The van der Waals surface area contributed by atoms with Gasteiger partial charge < -0.3 is 10.4 Å². The second-order valence-electron chi connectivity index (χ2n) is 4.79. The molecule has 2 heterocycles. The number of hydrogen-bond acceptors (Lipinski definition) is 4. The molecule has 5 nitrogen and oxygen atoms in total. The monoisotopic (exact) mass is 289 g/mol. The Morgan fingerprint density at radius 1 is 1.55 bits per heavy atom. The van der Waals surface area contributed by atoms with E-state index in [1.54, 1.807) is 17.4 Å². The smallest absolute Gasteiger partial charge is 0.272 e. The third kappa shape index (κ3) is 2.66. The Kier molecular flexibility index (Phi) is 3.66. The Labute approximate surface area is 120 Å². The second-order valence-corrected chi connectivity index (χ2v) is 5.74. The predicted molar refractivity (Wildman–Crippen MR) is 77.5 cm³/mol. The van der Waals surface area contributed by atoms with E-state index in [0.717, 1.165) is 17.0 Å². The van der Waals surface area contributed by atoms with Crippen LogP contribution in [0.25, 0.3) is 10.6 Å². The number of carbonyl (C=O) groups excluding carboxylic acids is 1. The van der Waals surface area contributed by atoms with Crippen LogP contribution >= 0.6 is 11.3 Å². The van der Waals surface area contributed by atoms with Crippen molar-refractivity contribution in [3.63, 3.8) is 0 Å². The first-order valence-corrected chi connectivity index (χ1v) is 7.33. The van der Waals surface area contributed by atoms with Crippen LogP contribution in [0.2, 0.25) is 0 Å². The first-order chi connectivity index (χ1) is 9.76. The average molecular weight is 289 g/mol. The molecule has 20 heavy (non-hydrogen) atoms. The normalized spacial score (nSPS) is 21.2. The summed E-state index contributed by atoms with van der Waals surface area (Å²) in [6.45, 7) is 0.119. The van der Waals surface area contributed by atoms with E-state index in [1.807, 2.05) is 29.7 Å². The summed E-state index contributed by atoms with van der Waals surface area (Å²) in [4.78, 5) is 13.1. The second kappa shape index (κ2) is 5.60. The summed E-state index contributed by atoms with van der Waals surface area (Å²) in [5.74, 6) is -0.0570. The summed E-state index contributed by atoms with van der Waals surface area (Å²) in [6, 6.07) is 5.66. The first kappa shape index (κ1) is 13.1. The summed E-state index contributed by atoms with van der Waals surface area (Å²) in [5, 5.41) is 20.9. The van der Waals surface area contributed by atoms with Crippen molar-refractivity contribution in [2.24, 2.45) is 5.92 Å². The van der Waals surface area contributed by atoms with Crippen LogP contribution in [0, 0.1) is 5.92 Å². The van der Waals surface area contributed by atoms with Gasteiger partial charge in [0.25, 0.3) is 5.91 Å². The minimum atomic E-state index is -0.197. The molecule has 1 aliphatic rings. The highest BCUT2D eigenvalue weighted by atomic mass is 32.1. The summed E-state index contributed by atoms with van der Waals surface area (Å²) in [5.41, 5.74) is 1.23. The van der Waals surface area contributed by atoms with Crippen molar-refractivity contribution in [2.45, 2.75) is 12.5 Å². The van der Waals surface area contributed by atoms with Crippen molar-refractivity contribution in [3.05, 3.63) is 41.4 Å². The zero-order chi connectivity index (χ0) is 13.9. The van der Waals surface area contributed by atoms with E-state index in [0.29, 0.717) is 5.69 Å². The van der Waals surface area contributed by atoms with Gasteiger partial charge in [-0.15, -0.1) is 11.3 Å². The van der Waals surface area contributed by atoms with Gasteiger partial charge in [-0.2, -0.15) is 5.10 Å². The Hall–Kier alpha value is -1.92. The number of amides is 1. The zero-order valence-electron chi connectivity index (χ0n) is 10.7. The quantitative estimate of drug-likeness (QED) is 0.751. The Morgan fingerprint density at radius 2 is 2.45 bits per heavy atom. The Bertz CT molecular complexity index is 618. The standard InChI is InChI=1S/C14H15N3O2S/c18-8-9-3-4-10(6-9)15-14(19)12-7-11(16-17-12)13-2-1-5-20-13/h1-5,7,9-10,18H,6,8H2,(H,15,19)(H,16,17)/t9-,10+/m0/s1. The average Bonchev–Trinajstić information content (AvgIpc) is 3.19. The largest absolute Gasteiger partial charge is 0.396 e. The molecule has 0 aromatic carbocycles. The molecule has 1 amide bonds. The number of carbonyl (C=O) groups is 1. The topological polar surface area (TPSA) is 78.0 Å². The fraction of sp³-hybridized carbons (Fsp3) is 0.286. The van der Waals surface area contributed by atoms with Crippen molar-refractivity contribution < 1.29 is 9.90 Å². The lowest BCUT2D eigenvalue weighted by Gasteiger charge is -2.11. The molecule has 0 saturated heterocycles. The van der Waals surface area contributed by atoms with Crippen molar-refractivity contribution in [3.8, 4) is 10.6 Å². The van der Waals surface area contributed by atoms with E-state index in [9.17, 15) is 4.79 Å². The molecule has 0 saturated carbocycles. The van der Waals surface area contributed by atoms with Crippen LogP contribution in [-0.4, -0.2) is 33.9 Å². The van der Waals surface area contributed by atoms with Gasteiger partial charge in [-0.05, 0) is 23.9 Å². The van der Waals surface area contributed by atoms with E-state index in [1.165, 1.54) is 0 Å². The number of aliphatic hydroxyl groups excluding tert-OH is 1. The van der Waals surface area contributed by atoms with E-state index in [4.69, 9.17) is 5.11 Å². The van der Waals surface area contributed by atoms with Gasteiger partial charge in [0, 0.05) is 18.6 Å². The highest BCUT2D eigenvalue weighted by molar-refractivity contribution is 7.13. The molecular formula is C14H15N3O2S. The zero-order valence-corrected chi connectivity index (χ0v) is 11.6. The van der Waals surface area contributed by atoms with Crippen LogP contribution in [0.1, 0.15) is 16.9 Å². The number of nitrogens with zero attached hydrogens (tertiary/aromatic N) is 1. The van der Waals surface area contributed by atoms with Crippen LogP contribution in [0.4, 0.5) is 0 Å². The predicted octanol–water partition coefficient (Wildman–Crippen LogP) is 1.80. The fourth-order valence-electron chi connectivity index (χ4n) is 2.26. The first-order valence-electron chi connectivity index (χ1n) is 6.45. The van der Waals surface area contributed by atoms with Crippen molar-refractivity contribution in [1.29, 1.82) is 0 Å². The van der Waals surface area contributed by atoms with Gasteiger partial charge in [0.15, 0.2) is 5.69 Å². The van der Waals surface area contributed by atoms with Crippen LogP contribution in [0.5, 0.6) is 0 Å². The number of aromatic amines is 1. The molecule has 6 heteroatoms. The number of H-pyrrole nitrogens is 1. The molecule has 0 fully saturated rings. The molecule has 2 atom stereocenters. The number of rotatable bonds is 4. The molecule has 0 aliphatic heterocycles. The van der Waals surface area contributed by atoms with Crippen molar-refractivity contribution in [1.82, 2.24) is 15.5 Å². The summed E-state index contributed by atoms with van der Waals surface area (Å²) in [6.07, 6.45) is 4.60. The van der Waals surface area contributed by atoms with E-state index in [2.05, 4.69) is 15.5 Å². The third-order valence-corrected chi connectivity index (χ3v) is 4.22. The van der Waals surface area contributed by atoms with Crippen LogP contribution in [-0.2, 0) is 0 Å². The summed E-state index contributed by atoms with van der Waals surface area (Å²) in [7, 11) is 0. The number of thiophene rings is 1. The highest BCUT2D eigenvalue weighted by Gasteiger charge is 2.21. The van der Waals surface area contributed by atoms with Crippen molar-refractivity contribution in [2.75, 3.05) is 6.61 Å². The maximum Gasteiger partial charge on any atom is 0.272 e. The molecule has 2 aromatic rings. The molecule has 3 rings (SSSR count). The SMILES string of the molecule is O=C(N[C@@H]1C=C[C@H](CO)C1)c1cc(-c2cccs2)[nH]n1. The minimum absolute atomic E-state index is 0.0264. The van der Waals surface area contributed by atoms with Gasteiger partial charge in [0.05, 0.1) is 10.6 Å². The number of aliphatic hydroxyl groups is 1. The van der Waals surface area contributed by atoms with Gasteiger partial charge in [-0.1, -0.05) is 18.2 Å². The molecular weight excluding hydrogens is 274 g/mol. The van der Waals surface area contributed by atoms with Gasteiger partial charge in [0.1, 0.15) is 0 Å². The van der Waals surface area contributed by atoms with E-state index in [-0.39, 0.29) is 24.5 Å².